The van der Waals surface area contributed by atoms with Crippen molar-refractivity contribution in [2.24, 2.45) is 0 Å². The van der Waals surface area contributed by atoms with Crippen molar-refractivity contribution in [2.45, 2.75) is 158 Å². The number of hydrogen-bond acceptors (Lipinski definition) is 18. The molecule has 3 aromatic heterocycles. The van der Waals surface area contributed by atoms with E-state index in [2.05, 4.69) is 9.97 Å². The zero-order valence-electron chi connectivity index (χ0n) is 47.7. The Labute approximate surface area is 467 Å². The Bertz CT molecular complexity index is 2770. The van der Waals surface area contributed by atoms with E-state index in [1.165, 1.54) is 0 Å². The first kappa shape index (κ1) is 63.2. The molecule has 2 aliphatic rings. The number of nitrogens with zero attached hydrogens (tertiary/aromatic N) is 2. The summed E-state index contributed by atoms with van der Waals surface area (Å²) in [4.78, 5) is 128. The van der Waals surface area contributed by atoms with Crippen molar-refractivity contribution in [3.63, 3.8) is 0 Å². The number of H-pyrrole nitrogens is 2. The molecule has 80 heavy (non-hydrogen) atoms. The van der Waals surface area contributed by atoms with Crippen LogP contribution < -0.4 is 0 Å². The van der Waals surface area contributed by atoms with Gasteiger partial charge in [0.1, 0.15) is 0 Å². The number of aromatic amines is 2. The Balaban J connectivity index is 2.13. The van der Waals surface area contributed by atoms with Gasteiger partial charge < -0.3 is 47.9 Å². The molecule has 0 radical (unpaired) electrons. The topological polar surface area (TPSA) is 268 Å². The number of fused-ring (bicyclic) bond motifs is 8. The molecule has 0 amide bonds. The molecule has 20 nitrogen and oxygen atoms in total. The Morgan fingerprint density at radius 3 is 0.688 bits per heavy atom. The van der Waals surface area contributed by atoms with Gasteiger partial charge in [0.15, 0.2) is 0 Å². The van der Waals surface area contributed by atoms with Crippen molar-refractivity contribution in [1.29, 1.82) is 0 Å². The largest absolute Gasteiger partial charge is 0.465 e. The number of carbonyl (C=O) groups excluding carboxylic acids is 8. The number of nitrogens with one attached hydrogen (secondary N) is 2. The summed E-state index contributed by atoms with van der Waals surface area (Å²) in [6.45, 7) is 15.7. The first-order chi connectivity index (χ1) is 38.6. The summed E-state index contributed by atoms with van der Waals surface area (Å²) in [7, 11) is 0. The minimum atomic E-state index is -0.632. The SMILES string of the molecule is CCCOC(=O)CC1=C(CC(=O)OCCC)c2cc3[nH]c(cc4[nH]c(cc5nc(cc1n2)C(CC(=O)OCCC)=C5CC(=O)OCCC)c(CC(=O)OCCC)c4CC(=O)OCCC)c(CC(=O)OCCC)c3CC(=O)OCCC. The van der Waals surface area contributed by atoms with Crippen LogP contribution in [0.4, 0.5) is 0 Å². The van der Waals surface area contributed by atoms with Crippen molar-refractivity contribution in [3.05, 3.63) is 69.3 Å². The van der Waals surface area contributed by atoms with Crippen LogP contribution in [0, 0.1) is 0 Å². The lowest BCUT2D eigenvalue weighted by Crippen LogP contribution is -2.13. The van der Waals surface area contributed by atoms with Crippen molar-refractivity contribution in [1.82, 2.24) is 19.9 Å². The van der Waals surface area contributed by atoms with Gasteiger partial charge in [0.05, 0.1) is 127 Å². The number of esters is 8. The van der Waals surface area contributed by atoms with Gasteiger partial charge in [-0.15, -0.1) is 0 Å². The van der Waals surface area contributed by atoms with Gasteiger partial charge in [-0.2, -0.15) is 0 Å². The summed E-state index contributed by atoms with van der Waals surface area (Å²) in [6.07, 6.45) is 1.27. The Morgan fingerprint density at radius 1 is 0.287 bits per heavy atom. The standard InChI is InChI=1S/C60H78N4O16/c1-9-17-73-53(65)25-37-38(26-54(66)74-18-10-2)46-34-48-41(29-57(69)77-21-13-5)42(30-58(70)78-22-14-6)50(63-48)36-52-44(32-60(72)80-24-16-8)43(31-59(71)79-23-15-7)51(64-52)35-49-40(28-56(68)76-20-12-4)39(27-55(67)75-19-11-3)47(62-49)33-45(37)61-46/h33-36,61-62H,9-32H2,1-8H3. The van der Waals surface area contributed by atoms with E-state index >= 15 is 0 Å². The molecule has 5 heterocycles. The summed E-state index contributed by atoms with van der Waals surface area (Å²) >= 11 is 0. The molecule has 0 saturated heterocycles. The van der Waals surface area contributed by atoms with Gasteiger partial charge in [-0.05, 0) is 120 Å². The zero-order valence-corrected chi connectivity index (χ0v) is 47.7. The predicted octanol–water partition coefficient (Wildman–Crippen LogP) is 9.49. The Kier molecular flexibility index (Phi) is 25.6. The molecular weight excluding hydrogens is 1030 g/mol. The van der Waals surface area contributed by atoms with Crippen LogP contribution >= 0.6 is 0 Å². The molecule has 2 aliphatic heterocycles. The van der Waals surface area contributed by atoms with E-state index in [0.717, 1.165) is 0 Å². The van der Waals surface area contributed by atoms with Gasteiger partial charge >= 0.3 is 47.8 Å². The third-order valence-corrected chi connectivity index (χ3v) is 12.4. The third kappa shape index (κ3) is 18.2. The summed E-state index contributed by atoms with van der Waals surface area (Å²) in [5, 5.41) is 0. The molecule has 20 heteroatoms. The minimum absolute atomic E-state index is 0.104. The van der Waals surface area contributed by atoms with Crippen molar-refractivity contribution < 1.29 is 76.3 Å². The van der Waals surface area contributed by atoms with Crippen LogP contribution in [0.5, 0.6) is 0 Å². The van der Waals surface area contributed by atoms with Gasteiger partial charge in [-0.3, -0.25) is 38.4 Å². The molecular formula is C60H78N4O16. The molecule has 5 rings (SSSR count). The van der Waals surface area contributed by atoms with E-state index < -0.39 is 47.8 Å². The van der Waals surface area contributed by atoms with E-state index in [-0.39, 0.29) is 171 Å². The molecule has 0 spiro atoms. The fourth-order valence-corrected chi connectivity index (χ4v) is 8.79. The average molecular weight is 1110 g/mol. The lowest BCUT2D eigenvalue weighted by molar-refractivity contribution is -0.144. The van der Waals surface area contributed by atoms with Gasteiger partial charge in [0.2, 0.25) is 0 Å². The zero-order chi connectivity index (χ0) is 58.1. The van der Waals surface area contributed by atoms with Gasteiger partial charge in [0, 0.05) is 22.1 Å². The molecule has 0 aliphatic carbocycles. The lowest BCUT2D eigenvalue weighted by Gasteiger charge is -2.10. The molecule has 0 aromatic carbocycles. The second-order valence-corrected chi connectivity index (χ2v) is 19.3. The maximum Gasteiger partial charge on any atom is 0.310 e. The van der Waals surface area contributed by atoms with Crippen LogP contribution in [-0.4, -0.2) is 121 Å². The predicted molar refractivity (Wildman–Crippen MR) is 298 cm³/mol. The van der Waals surface area contributed by atoms with Crippen molar-refractivity contribution >= 4 is 92.1 Å². The highest BCUT2D eigenvalue weighted by atomic mass is 16.6. The van der Waals surface area contributed by atoms with Crippen LogP contribution in [0.3, 0.4) is 0 Å². The molecule has 8 bridgehead atoms. The maximum absolute atomic E-state index is 13.8. The summed E-state index contributed by atoms with van der Waals surface area (Å²) in [5.74, 6) is -4.98. The van der Waals surface area contributed by atoms with Crippen LogP contribution in [0.25, 0.3) is 44.4 Å². The van der Waals surface area contributed by atoms with E-state index in [1.54, 1.807) is 24.3 Å². The van der Waals surface area contributed by atoms with Crippen LogP contribution in [0.2, 0.25) is 0 Å². The van der Waals surface area contributed by atoms with Gasteiger partial charge in [0.25, 0.3) is 0 Å². The first-order valence-electron chi connectivity index (χ1n) is 28.1. The Morgan fingerprint density at radius 2 is 0.475 bits per heavy atom. The summed E-state index contributed by atoms with van der Waals surface area (Å²) in [6, 6.07) is 6.39. The monoisotopic (exact) mass is 1110 g/mol. The van der Waals surface area contributed by atoms with E-state index in [4.69, 9.17) is 47.9 Å². The molecule has 0 unspecified atom stereocenters. The minimum Gasteiger partial charge on any atom is -0.465 e. The quantitative estimate of drug-likeness (QED) is 0.0435. The fraction of sp³-hybridized carbons (Fsp3) is 0.533. The smallest absolute Gasteiger partial charge is 0.310 e. The summed E-state index contributed by atoms with van der Waals surface area (Å²) < 4.78 is 45.0. The fourth-order valence-electron chi connectivity index (χ4n) is 8.79. The average Bonchev–Trinajstić information content (AvgIpc) is 4.21. The molecule has 2 N–H and O–H groups in total. The first-order valence-corrected chi connectivity index (χ1v) is 28.1. The van der Waals surface area contributed by atoms with Gasteiger partial charge in [-0.25, -0.2) is 9.97 Å². The molecule has 434 valence electrons. The van der Waals surface area contributed by atoms with E-state index in [1.807, 2.05) is 55.4 Å². The van der Waals surface area contributed by atoms with Crippen LogP contribution in [0.1, 0.15) is 177 Å². The normalized spacial score (nSPS) is 12.0. The number of ether oxygens (including phenoxy) is 8. The molecule has 0 atom stereocenters. The van der Waals surface area contributed by atoms with Crippen LogP contribution in [-0.2, 0) is 102 Å². The number of aromatic nitrogens is 4. The van der Waals surface area contributed by atoms with Gasteiger partial charge in [-0.1, -0.05) is 55.4 Å². The summed E-state index contributed by atoms with van der Waals surface area (Å²) in [5.41, 5.74) is 3.99. The highest BCUT2D eigenvalue weighted by molar-refractivity contribution is 6.06. The lowest BCUT2D eigenvalue weighted by atomic mass is 9.96. The van der Waals surface area contributed by atoms with Crippen molar-refractivity contribution in [3.8, 4) is 0 Å². The van der Waals surface area contributed by atoms with E-state index in [0.29, 0.717) is 73.6 Å². The number of rotatable bonds is 32. The van der Waals surface area contributed by atoms with Crippen molar-refractivity contribution in [2.75, 3.05) is 52.9 Å². The number of carbonyl (C=O) groups is 8. The maximum atomic E-state index is 13.8. The highest BCUT2D eigenvalue weighted by Gasteiger charge is 2.31. The molecule has 0 fully saturated rings. The second-order valence-electron chi connectivity index (χ2n) is 19.3. The number of hydrogen-bond donors (Lipinski definition) is 2. The highest BCUT2D eigenvalue weighted by Crippen LogP contribution is 2.41. The molecule has 0 saturated carbocycles. The Hall–Kier alpha value is -7.64. The second kappa shape index (κ2) is 32.4. The molecule has 3 aromatic rings. The van der Waals surface area contributed by atoms with E-state index in [9.17, 15) is 38.4 Å². The van der Waals surface area contributed by atoms with Crippen LogP contribution in [0.15, 0.2) is 24.3 Å². The third-order valence-electron chi connectivity index (χ3n) is 12.4.